The predicted octanol–water partition coefficient (Wildman–Crippen LogP) is 3.02. The molecule has 4 nitrogen and oxygen atoms in total. The van der Waals surface area contributed by atoms with Crippen molar-refractivity contribution in [2.75, 3.05) is 13.6 Å². The van der Waals surface area contributed by atoms with Crippen LogP contribution in [0.5, 0.6) is 0 Å². The van der Waals surface area contributed by atoms with E-state index >= 15 is 0 Å². The first-order valence-corrected chi connectivity index (χ1v) is 8.97. The van der Waals surface area contributed by atoms with Gasteiger partial charge in [-0.2, -0.15) is 4.31 Å². The maximum Gasteiger partial charge on any atom is 0.243 e. The van der Waals surface area contributed by atoms with Crippen molar-refractivity contribution in [2.24, 2.45) is 5.92 Å². The van der Waals surface area contributed by atoms with Crippen LogP contribution in [-0.2, 0) is 10.0 Å². The minimum Gasteiger partial charge on any atom is -0.310 e. The van der Waals surface area contributed by atoms with Crippen LogP contribution in [0.4, 0.5) is 0 Å². The van der Waals surface area contributed by atoms with Crippen LogP contribution in [-0.4, -0.2) is 32.4 Å². The molecule has 0 saturated carbocycles. The Morgan fingerprint density at radius 2 is 1.62 bits per heavy atom. The lowest BCUT2D eigenvalue weighted by Crippen LogP contribution is -2.38. The molecule has 0 aromatic heterocycles. The van der Waals surface area contributed by atoms with Gasteiger partial charge in [0.15, 0.2) is 0 Å². The lowest BCUT2D eigenvalue weighted by molar-refractivity contribution is 0.316. The molecule has 0 amide bonds. The summed E-state index contributed by atoms with van der Waals surface area (Å²) in [4.78, 5) is 0.352. The quantitative estimate of drug-likeness (QED) is 0.842. The summed E-state index contributed by atoms with van der Waals surface area (Å²) in [6, 6.07) is 7.35. The highest BCUT2D eigenvalue weighted by atomic mass is 32.2. The van der Waals surface area contributed by atoms with Gasteiger partial charge >= 0.3 is 0 Å². The number of nitrogens with zero attached hydrogens (tertiary/aromatic N) is 1. The molecule has 21 heavy (non-hydrogen) atoms. The van der Waals surface area contributed by atoms with Crippen LogP contribution in [0.3, 0.4) is 0 Å². The molecule has 0 heterocycles. The molecule has 120 valence electrons. The number of hydrogen-bond acceptors (Lipinski definition) is 3. The van der Waals surface area contributed by atoms with Gasteiger partial charge in [0.25, 0.3) is 0 Å². The van der Waals surface area contributed by atoms with E-state index in [1.165, 1.54) is 4.31 Å². The molecule has 0 radical (unpaired) electrons. The lowest BCUT2D eigenvalue weighted by Gasteiger charge is -2.27. The molecule has 0 fully saturated rings. The van der Waals surface area contributed by atoms with Gasteiger partial charge in [0.2, 0.25) is 10.0 Å². The average Bonchev–Trinajstić information content (AvgIpc) is 2.45. The van der Waals surface area contributed by atoms with Crippen molar-refractivity contribution in [1.29, 1.82) is 0 Å². The van der Waals surface area contributed by atoms with Crippen molar-refractivity contribution in [1.82, 2.24) is 9.62 Å². The van der Waals surface area contributed by atoms with Crippen molar-refractivity contribution in [3.63, 3.8) is 0 Å². The van der Waals surface area contributed by atoms with E-state index in [9.17, 15) is 8.42 Å². The topological polar surface area (TPSA) is 49.4 Å². The summed E-state index contributed by atoms with van der Waals surface area (Å²) in [5.41, 5.74) is 1.09. The van der Waals surface area contributed by atoms with Crippen molar-refractivity contribution >= 4 is 10.0 Å². The zero-order chi connectivity index (χ0) is 16.2. The summed E-state index contributed by atoms with van der Waals surface area (Å²) in [6.45, 7) is 11.0. The second kappa shape index (κ2) is 7.38. The minimum absolute atomic E-state index is 0.0321. The van der Waals surface area contributed by atoms with Crippen LogP contribution in [0.25, 0.3) is 0 Å². The first-order chi connectivity index (χ1) is 9.71. The molecule has 2 unspecified atom stereocenters. The highest BCUT2D eigenvalue weighted by molar-refractivity contribution is 7.89. The Morgan fingerprint density at radius 3 is 2.05 bits per heavy atom. The fourth-order valence-corrected chi connectivity index (χ4v) is 3.65. The largest absolute Gasteiger partial charge is 0.310 e. The van der Waals surface area contributed by atoms with Gasteiger partial charge in [0.05, 0.1) is 4.90 Å². The van der Waals surface area contributed by atoms with Gasteiger partial charge in [-0.3, -0.25) is 0 Å². The van der Waals surface area contributed by atoms with Gasteiger partial charge in [-0.25, -0.2) is 8.42 Å². The van der Waals surface area contributed by atoms with Crippen molar-refractivity contribution < 1.29 is 8.42 Å². The third-order valence-electron chi connectivity index (χ3n) is 4.11. The normalized spacial score (nSPS) is 15.4. The Bertz CT molecular complexity index is 538. The molecular weight excluding hydrogens is 284 g/mol. The zero-order valence-electron chi connectivity index (χ0n) is 13.9. The Kier molecular flexibility index (Phi) is 6.38. The Labute approximate surface area is 129 Å². The van der Waals surface area contributed by atoms with Gasteiger partial charge in [0, 0.05) is 19.1 Å². The molecule has 5 heteroatoms. The Hall–Kier alpha value is -0.910. The summed E-state index contributed by atoms with van der Waals surface area (Å²) >= 11 is 0. The molecule has 1 N–H and O–H groups in total. The van der Waals surface area contributed by atoms with E-state index in [1.54, 1.807) is 19.2 Å². The molecule has 0 saturated heterocycles. The number of hydrogen-bond donors (Lipinski definition) is 1. The average molecular weight is 312 g/mol. The molecule has 0 aliphatic rings. The van der Waals surface area contributed by atoms with Gasteiger partial charge in [-0.1, -0.05) is 32.9 Å². The standard InChI is InChI=1S/C16H28N2O2S/c1-7-17-13(4)15-8-10-16(11-9-15)21(19,20)18(6)14(5)12(2)3/h8-14,17H,7H2,1-6H3. The summed E-state index contributed by atoms with van der Waals surface area (Å²) in [5, 5.41) is 3.32. The van der Waals surface area contributed by atoms with Gasteiger partial charge in [-0.15, -0.1) is 0 Å². The van der Waals surface area contributed by atoms with E-state index in [1.807, 2.05) is 32.9 Å². The van der Waals surface area contributed by atoms with Crippen LogP contribution in [0, 0.1) is 5.92 Å². The molecule has 1 aromatic rings. The maximum absolute atomic E-state index is 12.6. The molecule has 0 aliphatic heterocycles. The fourth-order valence-electron chi connectivity index (χ4n) is 2.16. The van der Waals surface area contributed by atoms with Crippen LogP contribution in [0.2, 0.25) is 0 Å². The van der Waals surface area contributed by atoms with Crippen LogP contribution < -0.4 is 5.32 Å². The van der Waals surface area contributed by atoms with Gasteiger partial charge in [0.1, 0.15) is 0 Å². The molecule has 0 aliphatic carbocycles. The first kappa shape index (κ1) is 18.1. The summed E-state index contributed by atoms with van der Waals surface area (Å²) in [6.07, 6.45) is 0. The van der Waals surface area contributed by atoms with Crippen LogP contribution >= 0.6 is 0 Å². The SMILES string of the molecule is CCNC(C)c1ccc(S(=O)(=O)N(C)C(C)C(C)C)cc1. The third kappa shape index (κ3) is 4.28. The zero-order valence-corrected chi connectivity index (χ0v) is 14.7. The minimum atomic E-state index is -3.43. The van der Waals surface area contributed by atoms with Crippen LogP contribution in [0.1, 0.15) is 46.2 Å². The molecule has 0 bridgehead atoms. The highest BCUT2D eigenvalue weighted by Crippen LogP contribution is 2.22. The molecule has 2 atom stereocenters. The van der Waals surface area contributed by atoms with E-state index in [0.717, 1.165) is 12.1 Å². The predicted molar refractivity (Wildman–Crippen MR) is 87.8 cm³/mol. The molecule has 1 aromatic carbocycles. The van der Waals surface area contributed by atoms with Crippen molar-refractivity contribution in [2.45, 2.75) is 51.6 Å². The number of sulfonamides is 1. The summed E-state index contributed by atoms with van der Waals surface area (Å²) in [7, 11) is -1.78. The number of nitrogens with one attached hydrogen (secondary N) is 1. The monoisotopic (exact) mass is 312 g/mol. The Morgan fingerprint density at radius 1 is 1.10 bits per heavy atom. The van der Waals surface area contributed by atoms with E-state index in [0.29, 0.717) is 4.90 Å². The Balaban J connectivity index is 3.00. The smallest absolute Gasteiger partial charge is 0.243 e. The van der Waals surface area contributed by atoms with Crippen molar-refractivity contribution in [3.05, 3.63) is 29.8 Å². The molecule has 0 spiro atoms. The van der Waals surface area contributed by atoms with Crippen molar-refractivity contribution in [3.8, 4) is 0 Å². The van der Waals surface area contributed by atoms with Gasteiger partial charge < -0.3 is 5.32 Å². The van der Waals surface area contributed by atoms with Crippen LogP contribution in [0.15, 0.2) is 29.2 Å². The summed E-state index contributed by atoms with van der Waals surface area (Å²) in [5.74, 6) is 0.276. The number of benzene rings is 1. The second-order valence-corrected chi connectivity index (χ2v) is 7.85. The molecule has 1 rings (SSSR count). The van der Waals surface area contributed by atoms with E-state index < -0.39 is 10.0 Å². The second-order valence-electron chi connectivity index (χ2n) is 5.85. The van der Waals surface area contributed by atoms with Gasteiger partial charge in [-0.05, 0) is 44.0 Å². The fraction of sp³-hybridized carbons (Fsp3) is 0.625. The molecular formula is C16H28N2O2S. The van der Waals surface area contributed by atoms with E-state index in [-0.39, 0.29) is 18.0 Å². The first-order valence-electron chi connectivity index (χ1n) is 7.53. The summed E-state index contributed by atoms with van der Waals surface area (Å²) < 4.78 is 26.6. The third-order valence-corrected chi connectivity index (χ3v) is 6.06. The maximum atomic E-state index is 12.6. The van der Waals surface area contributed by atoms with E-state index in [2.05, 4.69) is 19.2 Å². The number of rotatable bonds is 7. The highest BCUT2D eigenvalue weighted by Gasteiger charge is 2.26. The van der Waals surface area contributed by atoms with E-state index in [4.69, 9.17) is 0 Å². The lowest BCUT2D eigenvalue weighted by atomic mass is 10.1.